The van der Waals surface area contributed by atoms with Crippen LogP contribution in [0.3, 0.4) is 0 Å². The summed E-state index contributed by atoms with van der Waals surface area (Å²) in [6, 6.07) is 16.0. The first-order chi connectivity index (χ1) is 17.8. The van der Waals surface area contributed by atoms with E-state index in [1.54, 1.807) is 24.8 Å². The van der Waals surface area contributed by atoms with Crippen molar-refractivity contribution in [2.24, 2.45) is 0 Å². The summed E-state index contributed by atoms with van der Waals surface area (Å²) in [4.78, 5) is 14.2. The van der Waals surface area contributed by atoms with Gasteiger partial charge in [-0.1, -0.05) is 18.2 Å². The van der Waals surface area contributed by atoms with Crippen LogP contribution in [0.2, 0.25) is 0 Å². The van der Waals surface area contributed by atoms with Gasteiger partial charge in [-0.05, 0) is 53.3 Å². The van der Waals surface area contributed by atoms with Crippen LogP contribution in [0.25, 0.3) is 16.9 Å². The SMILES string of the molecule is COc1ccc(CCNc2nc(NCc3ccc4c(c3)OCO4)nc3c2ncn3-c2ccsc2)cc1. The van der Waals surface area contributed by atoms with Gasteiger partial charge in [-0.3, -0.25) is 4.57 Å². The average Bonchev–Trinajstić information content (AvgIpc) is 3.68. The Morgan fingerprint density at radius 2 is 1.86 bits per heavy atom. The lowest BCUT2D eigenvalue weighted by molar-refractivity contribution is 0.174. The van der Waals surface area contributed by atoms with E-state index in [-0.39, 0.29) is 6.79 Å². The van der Waals surface area contributed by atoms with E-state index in [0.29, 0.717) is 24.9 Å². The Hall–Kier alpha value is -4.31. The largest absolute Gasteiger partial charge is 0.497 e. The first-order valence-electron chi connectivity index (χ1n) is 11.5. The van der Waals surface area contributed by atoms with E-state index in [1.165, 1.54) is 5.56 Å². The minimum Gasteiger partial charge on any atom is -0.497 e. The molecule has 182 valence electrons. The highest BCUT2D eigenvalue weighted by molar-refractivity contribution is 7.08. The number of hydrogen-bond acceptors (Lipinski definition) is 9. The second kappa shape index (κ2) is 9.74. The topological polar surface area (TPSA) is 95.3 Å². The van der Waals surface area contributed by atoms with E-state index in [2.05, 4.69) is 33.1 Å². The van der Waals surface area contributed by atoms with Gasteiger partial charge in [0.25, 0.3) is 0 Å². The number of aromatic nitrogens is 4. The Labute approximate surface area is 211 Å². The maximum Gasteiger partial charge on any atom is 0.231 e. The molecular weight excluding hydrogens is 476 g/mol. The van der Waals surface area contributed by atoms with Crippen molar-refractivity contribution in [2.45, 2.75) is 13.0 Å². The molecule has 0 saturated heterocycles. The average molecular weight is 501 g/mol. The summed E-state index contributed by atoms with van der Waals surface area (Å²) in [5, 5.41) is 10.9. The number of anilines is 2. The normalized spacial score (nSPS) is 12.1. The highest BCUT2D eigenvalue weighted by atomic mass is 32.1. The molecule has 0 fully saturated rings. The summed E-state index contributed by atoms with van der Waals surface area (Å²) < 4.78 is 18.1. The molecule has 0 aliphatic carbocycles. The van der Waals surface area contributed by atoms with Gasteiger partial charge in [-0.15, -0.1) is 0 Å². The third-order valence-electron chi connectivity index (χ3n) is 5.93. The third kappa shape index (κ3) is 4.50. The highest BCUT2D eigenvalue weighted by Crippen LogP contribution is 2.32. The van der Waals surface area contributed by atoms with Crippen LogP contribution in [0.15, 0.2) is 65.6 Å². The summed E-state index contributed by atoms with van der Waals surface area (Å²) in [5.74, 6) is 3.57. The first-order valence-corrected chi connectivity index (χ1v) is 12.5. The third-order valence-corrected chi connectivity index (χ3v) is 6.60. The van der Waals surface area contributed by atoms with Crippen molar-refractivity contribution >= 4 is 34.3 Å². The number of ether oxygens (including phenoxy) is 3. The number of thiophene rings is 1. The fourth-order valence-corrected chi connectivity index (χ4v) is 4.66. The quantitative estimate of drug-likeness (QED) is 0.296. The summed E-state index contributed by atoms with van der Waals surface area (Å²) in [6.07, 6.45) is 2.62. The summed E-state index contributed by atoms with van der Waals surface area (Å²) in [7, 11) is 1.67. The minimum atomic E-state index is 0.254. The van der Waals surface area contributed by atoms with Gasteiger partial charge in [-0.25, -0.2) is 4.98 Å². The number of benzene rings is 2. The van der Waals surface area contributed by atoms with E-state index in [0.717, 1.165) is 46.1 Å². The summed E-state index contributed by atoms with van der Waals surface area (Å²) in [5.41, 5.74) is 4.74. The van der Waals surface area contributed by atoms with Crippen LogP contribution in [-0.2, 0) is 13.0 Å². The van der Waals surface area contributed by atoms with Crippen LogP contribution < -0.4 is 24.8 Å². The van der Waals surface area contributed by atoms with Crippen molar-refractivity contribution in [1.29, 1.82) is 0 Å². The zero-order chi connectivity index (χ0) is 24.3. The predicted octanol–water partition coefficient (Wildman–Crippen LogP) is 4.88. The molecule has 1 aliphatic heterocycles. The molecule has 36 heavy (non-hydrogen) atoms. The highest BCUT2D eigenvalue weighted by Gasteiger charge is 2.16. The number of rotatable bonds is 9. The van der Waals surface area contributed by atoms with E-state index in [9.17, 15) is 0 Å². The molecule has 0 radical (unpaired) electrons. The smallest absolute Gasteiger partial charge is 0.231 e. The molecule has 0 atom stereocenters. The lowest BCUT2D eigenvalue weighted by Crippen LogP contribution is -2.11. The molecule has 3 aromatic heterocycles. The molecule has 6 rings (SSSR count). The van der Waals surface area contributed by atoms with Crippen molar-refractivity contribution in [2.75, 3.05) is 31.1 Å². The molecule has 2 N–H and O–H groups in total. The monoisotopic (exact) mass is 500 g/mol. The van der Waals surface area contributed by atoms with Crippen molar-refractivity contribution in [3.8, 4) is 22.9 Å². The van der Waals surface area contributed by atoms with Gasteiger partial charge >= 0.3 is 0 Å². The molecular formula is C26H24N6O3S. The van der Waals surface area contributed by atoms with Gasteiger partial charge in [0.05, 0.1) is 12.8 Å². The lowest BCUT2D eigenvalue weighted by atomic mass is 10.1. The van der Waals surface area contributed by atoms with Gasteiger partial charge in [-0.2, -0.15) is 21.3 Å². The Balaban J connectivity index is 1.25. The Kier molecular flexibility index (Phi) is 6.00. The molecule has 9 nitrogen and oxygen atoms in total. The summed E-state index contributed by atoms with van der Waals surface area (Å²) in [6.45, 7) is 1.50. The second-order valence-corrected chi connectivity index (χ2v) is 9.01. The minimum absolute atomic E-state index is 0.254. The number of hydrogen-bond donors (Lipinski definition) is 2. The van der Waals surface area contributed by atoms with Gasteiger partial charge in [0.2, 0.25) is 12.7 Å². The van der Waals surface area contributed by atoms with Gasteiger partial charge in [0.1, 0.15) is 12.1 Å². The standard InChI is InChI=1S/C26H24N6O3S/c1-33-20-5-2-17(3-6-20)8-10-27-24-23-25(32(15-29-23)19-9-11-36-14-19)31-26(30-24)28-13-18-4-7-21-22(12-18)35-16-34-21/h2-7,9,11-12,14-15H,8,10,13,16H2,1H3,(H2,27,28,30,31). The first kappa shape index (κ1) is 22.2. The molecule has 0 saturated carbocycles. The number of fused-ring (bicyclic) bond motifs is 2. The molecule has 1 aliphatic rings. The van der Waals surface area contributed by atoms with Crippen LogP contribution in [0, 0.1) is 0 Å². The number of imidazole rings is 1. The van der Waals surface area contributed by atoms with Crippen LogP contribution in [0.1, 0.15) is 11.1 Å². The predicted molar refractivity (Wildman–Crippen MR) is 140 cm³/mol. The van der Waals surface area contributed by atoms with Gasteiger partial charge < -0.3 is 24.8 Å². The lowest BCUT2D eigenvalue weighted by Gasteiger charge is -2.11. The molecule has 2 aromatic carbocycles. The van der Waals surface area contributed by atoms with Crippen molar-refractivity contribution in [1.82, 2.24) is 19.5 Å². The van der Waals surface area contributed by atoms with E-state index in [4.69, 9.17) is 24.2 Å². The maximum absolute atomic E-state index is 5.50. The van der Waals surface area contributed by atoms with E-state index >= 15 is 0 Å². The maximum atomic E-state index is 5.50. The van der Waals surface area contributed by atoms with Crippen LogP contribution in [0.4, 0.5) is 11.8 Å². The fraction of sp³-hybridized carbons (Fsp3) is 0.192. The number of nitrogens with one attached hydrogen (secondary N) is 2. The molecule has 0 bridgehead atoms. The van der Waals surface area contributed by atoms with E-state index in [1.807, 2.05) is 46.3 Å². The Morgan fingerprint density at radius 1 is 1.00 bits per heavy atom. The Bertz CT molecular complexity index is 1480. The van der Waals surface area contributed by atoms with Crippen LogP contribution in [-0.4, -0.2) is 40.0 Å². The molecule has 5 aromatic rings. The van der Waals surface area contributed by atoms with Crippen molar-refractivity contribution in [3.63, 3.8) is 0 Å². The number of nitrogens with zero attached hydrogens (tertiary/aromatic N) is 4. The van der Waals surface area contributed by atoms with Gasteiger partial charge in [0, 0.05) is 18.5 Å². The van der Waals surface area contributed by atoms with Crippen molar-refractivity contribution in [3.05, 3.63) is 76.7 Å². The fourth-order valence-electron chi connectivity index (χ4n) is 4.04. The zero-order valence-corrected chi connectivity index (χ0v) is 20.4. The zero-order valence-electron chi connectivity index (χ0n) is 19.6. The second-order valence-electron chi connectivity index (χ2n) is 8.23. The van der Waals surface area contributed by atoms with E-state index < -0.39 is 0 Å². The molecule has 4 heterocycles. The van der Waals surface area contributed by atoms with Crippen molar-refractivity contribution < 1.29 is 14.2 Å². The summed E-state index contributed by atoms with van der Waals surface area (Å²) >= 11 is 1.63. The molecule has 10 heteroatoms. The molecule has 0 spiro atoms. The molecule has 0 unspecified atom stereocenters. The Morgan fingerprint density at radius 3 is 2.69 bits per heavy atom. The molecule has 0 amide bonds. The van der Waals surface area contributed by atoms with Crippen LogP contribution >= 0.6 is 11.3 Å². The van der Waals surface area contributed by atoms with Crippen LogP contribution in [0.5, 0.6) is 17.2 Å². The number of methoxy groups -OCH3 is 1. The van der Waals surface area contributed by atoms with Gasteiger partial charge in [0.15, 0.2) is 28.5 Å².